The number of methoxy groups -OCH3 is 2. The number of anilines is 1. The van der Waals surface area contributed by atoms with Gasteiger partial charge in [-0.25, -0.2) is 4.90 Å². The molecule has 1 aliphatic rings. The third kappa shape index (κ3) is 4.25. The number of nitriles is 1. The number of imide groups is 1. The Balaban J connectivity index is 2.09. The largest absolute Gasteiger partial charge is 0.383 e. The van der Waals surface area contributed by atoms with Gasteiger partial charge in [0.1, 0.15) is 5.70 Å². The monoisotopic (exact) mass is 405 g/mol. The van der Waals surface area contributed by atoms with E-state index in [1.165, 1.54) is 0 Å². The van der Waals surface area contributed by atoms with Crippen molar-refractivity contribution in [3.63, 3.8) is 0 Å². The van der Waals surface area contributed by atoms with Crippen LogP contribution >= 0.6 is 0 Å². The lowest BCUT2D eigenvalue weighted by Gasteiger charge is -2.25. The van der Waals surface area contributed by atoms with E-state index in [9.17, 15) is 9.59 Å². The number of rotatable bonds is 9. The van der Waals surface area contributed by atoms with Crippen LogP contribution in [0.4, 0.5) is 5.69 Å². The second-order valence-corrected chi connectivity index (χ2v) is 6.67. The minimum absolute atomic E-state index is 0.324. The minimum atomic E-state index is -0.407. The summed E-state index contributed by atoms with van der Waals surface area (Å²) in [5, 5.41) is 9.03. The summed E-state index contributed by atoms with van der Waals surface area (Å²) in [5.74, 6) is -0.804. The summed E-state index contributed by atoms with van der Waals surface area (Å²) < 4.78 is 10.4. The van der Waals surface area contributed by atoms with E-state index in [4.69, 9.17) is 14.7 Å². The number of hydrogen-bond donors (Lipinski definition) is 0. The van der Waals surface area contributed by atoms with Gasteiger partial charge in [-0.15, -0.1) is 0 Å². The van der Waals surface area contributed by atoms with E-state index in [1.54, 1.807) is 38.5 Å². The van der Waals surface area contributed by atoms with Crippen LogP contribution in [0.25, 0.3) is 5.57 Å². The summed E-state index contributed by atoms with van der Waals surface area (Å²) in [4.78, 5) is 29.9. The lowest BCUT2D eigenvalue weighted by atomic mass is 10.0. The van der Waals surface area contributed by atoms with Crippen molar-refractivity contribution in [1.82, 2.24) is 4.90 Å². The Morgan fingerprint density at radius 1 is 0.900 bits per heavy atom. The number of carbonyl (C=O) groups excluding carboxylic acids is 2. The van der Waals surface area contributed by atoms with Crippen LogP contribution in [-0.2, 0) is 19.1 Å². The average molecular weight is 405 g/mol. The maximum atomic E-state index is 13.5. The van der Waals surface area contributed by atoms with Gasteiger partial charge in [0.2, 0.25) is 0 Å². The molecule has 7 heteroatoms. The number of hydrogen-bond acceptors (Lipinski definition) is 6. The molecule has 0 saturated carbocycles. The van der Waals surface area contributed by atoms with Crippen LogP contribution in [0.1, 0.15) is 11.1 Å². The summed E-state index contributed by atoms with van der Waals surface area (Å²) in [7, 11) is 3.18. The summed E-state index contributed by atoms with van der Waals surface area (Å²) >= 11 is 0. The van der Waals surface area contributed by atoms with Crippen LogP contribution in [0.3, 0.4) is 0 Å². The van der Waals surface area contributed by atoms with Gasteiger partial charge in [-0.3, -0.25) is 9.59 Å². The molecular weight excluding hydrogens is 382 g/mol. The highest BCUT2D eigenvalue weighted by Gasteiger charge is 2.42. The van der Waals surface area contributed by atoms with Gasteiger partial charge in [-0.05, 0) is 29.8 Å². The molecule has 0 radical (unpaired) electrons. The fourth-order valence-corrected chi connectivity index (χ4v) is 3.33. The number of amides is 2. The topological polar surface area (TPSA) is 82.9 Å². The summed E-state index contributed by atoms with van der Waals surface area (Å²) in [6, 6.07) is 17.6. The minimum Gasteiger partial charge on any atom is -0.383 e. The molecule has 1 aliphatic heterocycles. The summed E-state index contributed by atoms with van der Waals surface area (Å²) in [6.07, 6.45) is 0. The summed E-state index contributed by atoms with van der Waals surface area (Å²) in [5.41, 5.74) is 2.21. The van der Waals surface area contributed by atoms with E-state index in [1.807, 2.05) is 41.3 Å². The molecule has 1 heterocycles. The van der Waals surface area contributed by atoms with E-state index in [0.29, 0.717) is 54.4 Å². The zero-order valence-corrected chi connectivity index (χ0v) is 17.0. The number of nitrogens with zero attached hydrogens (tertiary/aromatic N) is 3. The van der Waals surface area contributed by atoms with Crippen molar-refractivity contribution in [2.75, 3.05) is 45.4 Å². The number of carbonyl (C=O) groups is 2. The van der Waals surface area contributed by atoms with E-state index in [-0.39, 0.29) is 0 Å². The van der Waals surface area contributed by atoms with Crippen LogP contribution in [0.2, 0.25) is 0 Å². The van der Waals surface area contributed by atoms with E-state index >= 15 is 0 Å². The van der Waals surface area contributed by atoms with Gasteiger partial charge in [0.05, 0.1) is 36.1 Å². The summed E-state index contributed by atoms with van der Waals surface area (Å²) in [6.45, 7) is 1.67. The molecule has 2 aromatic carbocycles. The van der Waals surface area contributed by atoms with Gasteiger partial charge in [0.15, 0.2) is 0 Å². The Hall–Kier alpha value is -3.47. The molecule has 2 aromatic rings. The zero-order valence-electron chi connectivity index (χ0n) is 17.0. The third-order valence-corrected chi connectivity index (χ3v) is 4.82. The van der Waals surface area contributed by atoms with Gasteiger partial charge in [0.25, 0.3) is 11.8 Å². The molecule has 0 fully saturated rings. The maximum Gasteiger partial charge on any atom is 0.282 e. The molecular formula is C23H23N3O4. The van der Waals surface area contributed by atoms with Crippen LogP contribution in [0, 0.1) is 11.3 Å². The van der Waals surface area contributed by atoms with E-state index in [0.717, 1.165) is 4.90 Å². The Kier molecular flexibility index (Phi) is 6.96. The molecule has 3 rings (SSSR count). The Morgan fingerprint density at radius 2 is 1.50 bits per heavy atom. The smallest absolute Gasteiger partial charge is 0.282 e. The van der Waals surface area contributed by atoms with Crippen molar-refractivity contribution >= 4 is 23.1 Å². The lowest BCUT2D eigenvalue weighted by Crippen LogP contribution is -2.37. The Bertz CT molecular complexity index is 970. The molecule has 0 bridgehead atoms. The first kappa shape index (κ1) is 21.2. The van der Waals surface area contributed by atoms with Crippen LogP contribution < -0.4 is 4.90 Å². The molecule has 0 aromatic heterocycles. The van der Waals surface area contributed by atoms with Crippen molar-refractivity contribution < 1.29 is 19.1 Å². The second-order valence-electron chi connectivity index (χ2n) is 6.67. The van der Waals surface area contributed by atoms with Crippen molar-refractivity contribution in [3.8, 4) is 6.07 Å². The molecule has 154 valence electrons. The Labute approximate surface area is 175 Å². The molecule has 0 N–H and O–H groups in total. The molecule has 30 heavy (non-hydrogen) atoms. The second kappa shape index (κ2) is 9.83. The first-order valence-electron chi connectivity index (χ1n) is 9.53. The number of ether oxygens (including phenoxy) is 2. The fraction of sp³-hybridized carbons (Fsp3) is 0.261. The molecule has 0 aliphatic carbocycles. The molecule has 0 saturated heterocycles. The number of benzene rings is 2. The van der Waals surface area contributed by atoms with Crippen molar-refractivity contribution in [1.29, 1.82) is 5.26 Å². The molecule has 2 amide bonds. The van der Waals surface area contributed by atoms with Crippen molar-refractivity contribution in [3.05, 3.63) is 71.4 Å². The van der Waals surface area contributed by atoms with Crippen LogP contribution in [0.15, 0.2) is 60.3 Å². The Morgan fingerprint density at radius 3 is 2.03 bits per heavy atom. The average Bonchev–Trinajstić information content (AvgIpc) is 3.04. The van der Waals surface area contributed by atoms with Gasteiger partial charge >= 0.3 is 0 Å². The van der Waals surface area contributed by atoms with Gasteiger partial charge in [0, 0.05) is 27.3 Å². The standard InChI is InChI=1S/C23H23N3O4/c1-29-14-12-25(13-15-30-2)21-20(18-6-4-3-5-7-18)22(27)26(23(21)28)19-10-8-17(16-24)9-11-19/h3-11H,12-15H2,1-2H3. The maximum absolute atomic E-state index is 13.5. The quantitative estimate of drug-likeness (QED) is 0.596. The fourth-order valence-electron chi connectivity index (χ4n) is 3.33. The lowest BCUT2D eigenvalue weighted by molar-refractivity contribution is -0.120. The van der Waals surface area contributed by atoms with Gasteiger partial charge < -0.3 is 14.4 Å². The van der Waals surface area contributed by atoms with Crippen LogP contribution in [0.5, 0.6) is 0 Å². The SMILES string of the molecule is COCCN(CCOC)C1=C(c2ccccc2)C(=O)N(c2ccc(C#N)cc2)C1=O. The first-order chi connectivity index (χ1) is 14.6. The third-order valence-electron chi connectivity index (χ3n) is 4.82. The molecule has 0 spiro atoms. The normalized spacial score (nSPS) is 13.7. The van der Waals surface area contributed by atoms with Crippen molar-refractivity contribution in [2.24, 2.45) is 0 Å². The van der Waals surface area contributed by atoms with E-state index in [2.05, 4.69) is 0 Å². The molecule has 7 nitrogen and oxygen atoms in total. The predicted molar refractivity (Wildman–Crippen MR) is 112 cm³/mol. The van der Waals surface area contributed by atoms with Crippen molar-refractivity contribution in [2.45, 2.75) is 0 Å². The van der Waals surface area contributed by atoms with E-state index < -0.39 is 11.8 Å². The highest BCUT2D eigenvalue weighted by atomic mass is 16.5. The molecule has 0 unspecified atom stereocenters. The first-order valence-corrected chi connectivity index (χ1v) is 9.53. The molecule has 0 atom stereocenters. The van der Waals surface area contributed by atoms with Gasteiger partial charge in [-0.2, -0.15) is 5.26 Å². The zero-order chi connectivity index (χ0) is 21.5. The van der Waals surface area contributed by atoms with Gasteiger partial charge in [-0.1, -0.05) is 30.3 Å². The predicted octanol–water partition coefficient (Wildman–Crippen LogP) is 2.44. The highest BCUT2D eigenvalue weighted by molar-refractivity contribution is 6.45. The van der Waals surface area contributed by atoms with Crippen LogP contribution in [-0.4, -0.2) is 57.2 Å². The highest BCUT2D eigenvalue weighted by Crippen LogP contribution is 2.34.